The molecule has 0 aliphatic heterocycles. The van der Waals surface area contributed by atoms with Crippen LogP contribution in [0.1, 0.15) is 5.56 Å². The Balaban J connectivity index is 2.31. The molecule has 2 aromatic rings. The number of benzene rings is 1. The smallest absolute Gasteiger partial charge is 0.331 e. The predicted molar refractivity (Wildman–Crippen MR) is 66.9 cm³/mol. The lowest BCUT2D eigenvalue weighted by Gasteiger charge is -2.10. The first kappa shape index (κ1) is 13.5. The van der Waals surface area contributed by atoms with Gasteiger partial charge in [-0.1, -0.05) is 23.2 Å². The number of nitrogens with one attached hydrogen (secondary N) is 1. The van der Waals surface area contributed by atoms with Gasteiger partial charge >= 0.3 is 6.18 Å². The van der Waals surface area contributed by atoms with E-state index in [1.54, 1.807) is 5.38 Å². The highest BCUT2D eigenvalue weighted by atomic mass is 35.5. The van der Waals surface area contributed by atoms with E-state index in [1.807, 2.05) is 0 Å². The van der Waals surface area contributed by atoms with Gasteiger partial charge in [-0.25, -0.2) is 4.98 Å². The van der Waals surface area contributed by atoms with E-state index >= 15 is 0 Å². The maximum atomic E-state index is 12.6. The number of thiazole rings is 1. The minimum Gasteiger partial charge on any atom is -0.331 e. The molecule has 0 fully saturated rings. The Morgan fingerprint density at radius 1 is 1.17 bits per heavy atom. The number of aromatic nitrogens is 1. The first-order valence-electron chi connectivity index (χ1n) is 4.60. The van der Waals surface area contributed by atoms with E-state index in [9.17, 15) is 13.2 Å². The van der Waals surface area contributed by atoms with E-state index in [4.69, 9.17) is 23.2 Å². The highest BCUT2D eigenvalue weighted by Crippen LogP contribution is 2.34. The van der Waals surface area contributed by atoms with Crippen LogP contribution in [0.2, 0.25) is 10.2 Å². The molecular formula is C10H5Cl2F3N2S. The van der Waals surface area contributed by atoms with Crippen LogP contribution in [-0.4, -0.2) is 4.98 Å². The fourth-order valence-corrected chi connectivity index (χ4v) is 2.35. The summed E-state index contributed by atoms with van der Waals surface area (Å²) in [4.78, 5) is 3.88. The lowest BCUT2D eigenvalue weighted by atomic mass is 10.2. The molecule has 1 aromatic carbocycles. The second-order valence-electron chi connectivity index (χ2n) is 3.33. The third kappa shape index (κ3) is 3.28. The molecule has 0 atom stereocenters. The zero-order valence-electron chi connectivity index (χ0n) is 8.55. The molecule has 8 heteroatoms. The largest absolute Gasteiger partial charge is 0.416 e. The summed E-state index contributed by atoms with van der Waals surface area (Å²) < 4.78 is 37.7. The maximum Gasteiger partial charge on any atom is 0.416 e. The van der Waals surface area contributed by atoms with Crippen LogP contribution in [0.25, 0.3) is 0 Å². The molecule has 0 saturated carbocycles. The van der Waals surface area contributed by atoms with Crippen LogP contribution >= 0.6 is 34.5 Å². The SMILES string of the molecule is FC(F)(F)c1cc(Cl)cc(Nc2nc(Cl)cs2)c1. The zero-order chi connectivity index (χ0) is 13.3. The van der Waals surface area contributed by atoms with Crippen LogP contribution in [0, 0.1) is 0 Å². The number of hydrogen-bond donors (Lipinski definition) is 1. The second-order valence-corrected chi connectivity index (χ2v) is 5.01. The fourth-order valence-electron chi connectivity index (χ4n) is 1.26. The number of hydrogen-bond acceptors (Lipinski definition) is 3. The highest BCUT2D eigenvalue weighted by molar-refractivity contribution is 7.14. The molecule has 0 saturated heterocycles. The van der Waals surface area contributed by atoms with Gasteiger partial charge in [0.15, 0.2) is 5.13 Å². The molecule has 0 amide bonds. The van der Waals surface area contributed by atoms with Crippen molar-refractivity contribution in [2.75, 3.05) is 5.32 Å². The average Bonchev–Trinajstić information content (AvgIpc) is 2.61. The molecule has 2 rings (SSSR count). The Morgan fingerprint density at radius 3 is 2.44 bits per heavy atom. The van der Waals surface area contributed by atoms with Crippen molar-refractivity contribution >= 4 is 45.4 Å². The van der Waals surface area contributed by atoms with Crippen molar-refractivity contribution in [1.29, 1.82) is 0 Å². The van der Waals surface area contributed by atoms with Crippen LogP contribution < -0.4 is 5.32 Å². The molecule has 1 heterocycles. The summed E-state index contributed by atoms with van der Waals surface area (Å²) in [5, 5.41) is 4.96. The molecule has 0 aliphatic carbocycles. The number of nitrogens with zero attached hydrogens (tertiary/aromatic N) is 1. The normalized spacial score (nSPS) is 11.6. The van der Waals surface area contributed by atoms with Crippen LogP contribution in [0.4, 0.5) is 24.0 Å². The highest BCUT2D eigenvalue weighted by Gasteiger charge is 2.31. The Morgan fingerprint density at radius 2 is 1.89 bits per heavy atom. The molecule has 0 aliphatic rings. The molecule has 18 heavy (non-hydrogen) atoms. The first-order valence-corrected chi connectivity index (χ1v) is 6.24. The van der Waals surface area contributed by atoms with Crippen molar-refractivity contribution in [3.8, 4) is 0 Å². The van der Waals surface area contributed by atoms with Gasteiger partial charge in [0.05, 0.1) is 5.56 Å². The van der Waals surface area contributed by atoms with Crippen LogP contribution in [0.3, 0.4) is 0 Å². The van der Waals surface area contributed by atoms with Crippen molar-refractivity contribution in [3.05, 3.63) is 39.3 Å². The van der Waals surface area contributed by atoms with Crippen molar-refractivity contribution in [2.24, 2.45) is 0 Å². The summed E-state index contributed by atoms with van der Waals surface area (Å²) in [6, 6.07) is 3.20. The van der Waals surface area contributed by atoms with E-state index < -0.39 is 11.7 Å². The van der Waals surface area contributed by atoms with E-state index in [2.05, 4.69) is 10.3 Å². The number of rotatable bonds is 2. The molecule has 0 spiro atoms. The summed E-state index contributed by atoms with van der Waals surface area (Å²) >= 11 is 12.4. The average molecular weight is 313 g/mol. The Kier molecular flexibility index (Phi) is 3.70. The minimum atomic E-state index is -4.44. The van der Waals surface area contributed by atoms with E-state index in [0.29, 0.717) is 5.13 Å². The molecule has 1 aromatic heterocycles. The van der Waals surface area contributed by atoms with E-state index in [0.717, 1.165) is 12.1 Å². The molecule has 2 nitrogen and oxygen atoms in total. The quantitative estimate of drug-likeness (QED) is 0.823. The summed E-state index contributed by atoms with van der Waals surface area (Å²) in [6.45, 7) is 0. The Bertz CT molecular complexity index is 568. The topological polar surface area (TPSA) is 24.9 Å². The van der Waals surface area contributed by atoms with Crippen LogP contribution in [-0.2, 0) is 6.18 Å². The molecule has 0 radical (unpaired) electrons. The fraction of sp³-hybridized carbons (Fsp3) is 0.100. The maximum absolute atomic E-state index is 12.6. The van der Waals surface area contributed by atoms with Crippen molar-refractivity contribution < 1.29 is 13.2 Å². The van der Waals surface area contributed by atoms with Crippen LogP contribution in [0.15, 0.2) is 23.6 Å². The predicted octanol–water partition coefficient (Wildman–Crippen LogP) is 5.21. The third-order valence-corrected chi connectivity index (χ3v) is 3.25. The van der Waals surface area contributed by atoms with Gasteiger partial charge in [0.2, 0.25) is 0 Å². The zero-order valence-corrected chi connectivity index (χ0v) is 10.9. The molecule has 0 unspecified atom stereocenters. The number of anilines is 2. The van der Waals surface area contributed by atoms with Crippen molar-refractivity contribution in [3.63, 3.8) is 0 Å². The van der Waals surface area contributed by atoms with Gasteiger partial charge in [-0.3, -0.25) is 0 Å². The first-order chi connectivity index (χ1) is 8.34. The lowest BCUT2D eigenvalue weighted by molar-refractivity contribution is -0.137. The van der Waals surface area contributed by atoms with Crippen molar-refractivity contribution in [2.45, 2.75) is 6.18 Å². The third-order valence-electron chi connectivity index (χ3n) is 1.95. The summed E-state index contributed by atoms with van der Waals surface area (Å²) in [5.74, 6) is 0. The van der Waals surface area contributed by atoms with Gasteiger partial charge in [0.1, 0.15) is 5.15 Å². The van der Waals surface area contributed by atoms with Gasteiger partial charge in [0.25, 0.3) is 0 Å². The Hall–Kier alpha value is -0.980. The van der Waals surface area contributed by atoms with E-state index in [1.165, 1.54) is 17.4 Å². The summed E-state index contributed by atoms with van der Waals surface area (Å²) in [6.07, 6.45) is -4.44. The molecule has 96 valence electrons. The number of halogens is 5. The summed E-state index contributed by atoms with van der Waals surface area (Å²) in [5.41, 5.74) is -0.610. The minimum absolute atomic E-state index is 0.00465. The lowest BCUT2D eigenvalue weighted by Crippen LogP contribution is -2.05. The molecular weight excluding hydrogens is 308 g/mol. The second kappa shape index (κ2) is 4.95. The molecule has 1 N–H and O–H groups in total. The van der Waals surface area contributed by atoms with Gasteiger partial charge in [-0.05, 0) is 18.2 Å². The van der Waals surface area contributed by atoms with Crippen molar-refractivity contribution in [1.82, 2.24) is 4.98 Å². The summed E-state index contributed by atoms with van der Waals surface area (Å²) in [7, 11) is 0. The van der Waals surface area contributed by atoms with Gasteiger partial charge in [-0.2, -0.15) is 13.2 Å². The van der Waals surface area contributed by atoms with Gasteiger partial charge in [-0.15, -0.1) is 11.3 Å². The monoisotopic (exact) mass is 312 g/mol. The Labute approximate surface area is 114 Å². The van der Waals surface area contributed by atoms with Gasteiger partial charge in [0, 0.05) is 16.1 Å². The standard InChI is InChI=1S/C10H5Cl2F3N2S/c11-6-1-5(10(13,14)15)2-7(3-6)16-9-17-8(12)4-18-9/h1-4H,(H,16,17). The van der Waals surface area contributed by atoms with E-state index in [-0.39, 0.29) is 15.9 Å². The van der Waals surface area contributed by atoms with Gasteiger partial charge < -0.3 is 5.32 Å². The van der Waals surface area contributed by atoms with Crippen LogP contribution in [0.5, 0.6) is 0 Å². The molecule has 0 bridgehead atoms. The number of alkyl halides is 3.